The summed E-state index contributed by atoms with van der Waals surface area (Å²) in [5, 5.41) is 25.6. The first kappa shape index (κ1) is 28.6. The molecule has 0 radical (unpaired) electrons. The lowest BCUT2D eigenvalue weighted by Gasteiger charge is -2.58. The number of aliphatic hydroxyl groups is 2. The van der Waals surface area contributed by atoms with Crippen LogP contribution in [0.1, 0.15) is 55.2 Å². The van der Waals surface area contributed by atoms with E-state index in [2.05, 4.69) is 24.4 Å². The zero-order chi connectivity index (χ0) is 28.5. The standard InChI is InChI=1S/C32H40N2O5S/c1-31-14-12-27(36)32(2,19-35)26(31)18-25-29(34-30(40-25)21-8-6-5-7-9-21)22(31)17-28(37)33-15-13-20-10-11-23(38-3)24(16-20)39-4/h5-11,16,22,26-27,35-36H,12-15,17-19H2,1-4H3,(H,33,37). The molecule has 0 saturated heterocycles. The number of carbonyl (C=O) groups is 1. The van der Waals surface area contributed by atoms with Crippen LogP contribution < -0.4 is 14.8 Å². The van der Waals surface area contributed by atoms with Crippen LogP contribution in [-0.2, 0) is 17.6 Å². The fraction of sp³-hybridized carbons (Fsp3) is 0.500. The predicted molar refractivity (Wildman–Crippen MR) is 157 cm³/mol. The third kappa shape index (κ3) is 5.13. The number of nitrogens with one attached hydrogen (secondary N) is 1. The SMILES string of the molecule is COc1ccc(CCNC(=O)CC2c3nc(-c4ccccc4)sc3CC3C(C)(CO)C(O)CCC23C)cc1OC. The van der Waals surface area contributed by atoms with Crippen LogP contribution in [0.5, 0.6) is 11.5 Å². The average molecular weight is 565 g/mol. The van der Waals surface area contributed by atoms with E-state index in [1.165, 1.54) is 4.88 Å². The first-order chi connectivity index (χ1) is 19.2. The lowest BCUT2D eigenvalue weighted by molar-refractivity contribution is -0.144. The van der Waals surface area contributed by atoms with Gasteiger partial charge in [-0.1, -0.05) is 50.2 Å². The molecule has 7 nitrogen and oxygen atoms in total. The van der Waals surface area contributed by atoms with E-state index in [1.807, 2.05) is 43.3 Å². The summed E-state index contributed by atoms with van der Waals surface area (Å²) >= 11 is 1.68. The highest BCUT2D eigenvalue weighted by Gasteiger charge is 2.59. The summed E-state index contributed by atoms with van der Waals surface area (Å²) in [6, 6.07) is 16.0. The molecule has 0 aliphatic heterocycles. The molecule has 214 valence electrons. The van der Waals surface area contributed by atoms with Gasteiger partial charge < -0.3 is 25.0 Å². The van der Waals surface area contributed by atoms with Crippen LogP contribution in [-0.4, -0.2) is 54.6 Å². The summed E-state index contributed by atoms with van der Waals surface area (Å²) in [4.78, 5) is 19.7. The molecule has 3 N–H and O–H groups in total. The van der Waals surface area contributed by atoms with Crippen LogP contribution in [0.15, 0.2) is 48.5 Å². The van der Waals surface area contributed by atoms with Gasteiger partial charge in [0.15, 0.2) is 11.5 Å². The highest BCUT2D eigenvalue weighted by Crippen LogP contribution is 2.62. The predicted octanol–water partition coefficient (Wildman–Crippen LogP) is 4.99. The number of ether oxygens (including phenoxy) is 2. The van der Waals surface area contributed by atoms with Crippen LogP contribution in [0.3, 0.4) is 0 Å². The van der Waals surface area contributed by atoms with Gasteiger partial charge in [-0.25, -0.2) is 4.98 Å². The molecule has 5 rings (SSSR count). The summed E-state index contributed by atoms with van der Waals surface area (Å²) in [6.45, 7) is 4.67. The van der Waals surface area contributed by atoms with E-state index in [-0.39, 0.29) is 29.8 Å². The van der Waals surface area contributed by atoms with Crippen LogP contribution in [0.25, 0.3) is 10.6 Å². The second-order valence-corrected chi connectivity index (χ2v) is 12.8. The average Bonchev–Trinajstić information content (AvgIpc) is 3.40. The second kappa shape index (κ2) is 11.5. The number of hydrogen-bond acceptors (Lipinski definition) is 7. The number of carbonyl (C=O) groups excluding carboxylic acids is 1. The third-order valence-corrected chi connectivity index (χ3v) is 10.6. The minimum atomic E-state index is -0.635. The van der Waals surface area contributed by atoms with E-state index in [0.29, 0.717) is 37.3 Å². The van der Waals surface area contributed by atoms with Gasteiger partial charge in [-0.3, -0.25) is 4.79 Å². The fourth-order valence-corrected chi connectivity index (χ4v) is 8.16. The van der Waals surface area contributed by atoms with Crippen molar-refractivity contribution in [2.45, 2.75) is 58.0 Å². The summed E-state index contributed by atoms with van der Waals surface area (Å²) in [6.07, 6.45) is 2.56. The molecule has 2 aliphatic rings. The molecule has 2 aromatic carbocycles. The molecule has 1 heterocycles. The van der Waals surface area contributed by atoms with Crippen LogP contribution >= 0.6 is 11.3 Å². The van der Waals surface area contributed by atoms with E-state index < -0.39 is 11.5 Å². The Kier molecular flexibility index (Phi) is 8.22. The number of fused-ring (bicyclic) bond motifs is 2. The molecule has 0 spiro atoms. The van der Waals surface area contributed by atoms with Crippen molar-refractivity contribution in [2.24, 2.45) is 16.7 Å². The van der Waals surface area contributed by atoms with E-state index >= 15 is 0 Å². The summed E-state index contributed by atoms with van der Waals surface area (Å²) in [7, 11) is 3.23. The van der Waals surface area contributed by atoms with Crippen LogP contribution in [0.2, 0.25) is 0 Å². The van der Waals surface area contributed by atoms with Crippen LogP contribution in [0, 0.1) is 16.7 Å². The zero-order valence-corrected chi connectivity index (χ0v) is 24.6. The Morgan fingerprint density at radius 1 is 1.12 bits per heavy atom. The van der Waals surface area contributed by atoms with Crippen molar-refractivity contribution >= 4 is 17.2 Å². The molecule has 5 atom stereocenters. The van der Waals surface area contributed by atoms with E-state index in [9.17, 15) is 15.0 Å². The molecule has 8 heteroatoms. The molecule has 3 aromatic rings. The second-order valence-electron chi connectivity index (χ2n) is 11.7. The number of aromatic nitrogens is 1. The molecular weight excluding hydrogens is 524 g/mol. The van der Waals surface area contributed by atoms with Crippen LogP contribution in [0.4, 0.5) is 0 Å². The maximum absolute atomic E-state index is 13.4. The van der Waals surface area contributed by atoms with Gasteiger partial charge in [0.1, 0.15) is 5.01 Å². The van der Waals surface area contributed by atoms with Crippen molar-refractivity contribution in [2.75, 3.05) is 27.4 Å². The lowest BCUT2D eigenvalue weighted by Crippen LogP contribution is -2.57. The third-order valence-electron chi connectivity index (χ3n) is 9.49. The minimum Gasteiger partial charge on any atom is -0.493 e. The monoisotopic (exact) mass is 564 g/mol. The fourth-order valence-electron chi connectivity index (χ4n) is 6.99. The van der Waals surface area contributed by atoms with Crippen molar-refractivity contribution in [3.8, 4) is 22.1 Å². The number of rotatable bonds is 9. The molecule has 1 aromatic heterocycles. The summed E-state index contributed by atoms with van der Waals surface area (Å²) < 4.78 is 10.7. The maximum Gasteiger partial charge on any atom is 0.220 e. The van der Waals surface area contributed by atoms with Gasteiger partial charge in [-0.05, 0) is 54.7 Å². The highest BCUT2D eigenvalue weighted by molar-refractivity contribution is 7.15. The number of nitrogens with zero attached hydrogens (tertiary/aromatic N) is 1. The summed E-state index contributed by atoms with van der Waals surface area (Å²) in [5.74, 6) is 1.27. The van der Waals surface area contributed by atoms with Gasteiger partial charge in [-0.2, -0.15) is 0 Å². The van der Waals surface area contributed by atoms with Gasteiger partial charge >= 0.3 is 0 Å². The maximum atomic E-state index is 13.4. The van der Waals surface area contributed by atoms with Gasteiger partial charge in [-0.15, -0.1) is 11.3 Å². The Bertz CT molecular complexity index is 1340. The zero-order valence-electron chi connectivity index (χ0n) is 23.8. The molecule has 1 saturated carbocycles. The van der Waals surface area contributed by atoms with Gasteiger partial charge in [0, 0.05) is 34.7 Å². The molecule has 2 aliphatic carbocycles. The Labute approximate surface area is 240 Å². The first-order valence-corrected chi connectivity index (χ1v) is 14.9. The first-order valence-electron chi connectivity index (χ1n) is 14.0. The Morgan fingerprint density at radius 2 is 1.88 bits per heavy atom. The van der Waals surface area contributed by atoms with Crippen molar-refractivity contribution in [1.82, 2.24) is 10.3 Å². The summed E-state index contributed by atoms with van der Waals surface area (Å²) in [5.41, 5.74) is 2.22. The number of aliphatic hydroxyl groups excluding tert-OH is 2. The largest absolute Gasteiger partial charge is 0.493 e. The van der Waals surface area contributed by atoms with Crippen molar-refractivity contribution in [3.63, 3.8) is 0 Å². The molecule has 5 unspecified atom stereocenters. The number of hydrogen-bond donors (Lipinski definition) is 3. The smallest absolute Gasteiger partial charge is 0.220 e. The Balaban J connectivity index is 1.39. The van der Waals surface area contributed by atoms with Crippen molar-refractivity contribution in [1.29, 1.82) is 0 Å². The quantitative estimate of drug-likeness (QED) is 0.339. The molecule has 40 heavy (non-hydrogen) atoms. The topological polar surface area (TPSA) is 101 Å². The van der Waals surface area contributed by atoms with E-state index in [4.69, 9.17) is 14.5 Å². The Hall–Kier alpha value is -2.94. The van der Waals surface area contributed by atoms with Gasteiger partial charge in [0.05, 0.1) is 32.6 Å². The number of amides is 1. The highest BCUT2D eigenvalue weighted by atomic mass is 32.1. The van der Waals surface area contributed by atoms with E-state index in [1.54, 1.807) is 25.6 Å². The minimum absolute atomic E-state index is 0.00983. The Morgan fingerprint density at radius 3 is 2.58 bits per heavy atom. The molecular formula is C32H40N2O5S. The number of methoxy groups -OCH3 is 2. The van der Waals surface area contributed by atoms with Crippen molar-refractivity contribution < 1.29 is 24.5 Å². The van der Waals surface area contributed by atoms with Gasteiger partial charge in [0.25, 0.3) is 0 Å². The van der Waals surface area contributed by atoms with E-state index in [0.717, 1.165) is 34.7 Å². The molecule has 1 fully saturated rings. The lowest BCUT2D eigenvalue weighted by atomic mass is 9.47. The molecule has 1 amide bonds. The number of benzene rings is 2. The normalized spacial score (nSPS) is 27.4. The van der Waals surface area contributed by atoms with Gasteiger partial charge in [0.2, 0.25) is 5.91 Å². The van der Waals surface area contributed by atoms with Crippen molar-refractivity contribution in [3.05, 3.63) is 64.7 Å². The number of thiazole rings is 1. The molecule has 0 bridgehead atoms.